The number of hydrogen-bond donors (Lipinski definition) is 1. The number of aromatic nitrogens is 3. The molecule has 2 aromatic heterocycles. The second kappa shape index (κ2) is 8.34. The van der Waals surface area contributed by atoms with E-state index in [-0.39, 0.29) is 17.4 Å². The van der Waals surface area contributed by atoms with Crippen LogP contribution in [0.25, 0.3) is 5.65 Å². The minimum Gasteiger partial charge on any atom is -0.345 e. The number of rotatable bonds is 5. The van der Waals surface area contributed by atoms with E-state index in [1.54, 1.807) is 10.7 Å². The van der Waals surface area contributed by atoms with Crippen LogP contribution >= 0.6 is 0 Å². The standard InChI is InChI=1S/C26H28N4O/c1-18-21(17-27-24-16-23(26(2,3)4)29-30(18)24)25(31)28-22(20-13-9-6-10-14-20)15-19-11-7-5-8-12-19/h5-14,16-17,22H,15H2,1-4H3,(H,28,31)/t22-/m0/s1. The van der Waals surface area contributed by atoms with E-state index in [4.69, 9.17) is 5.10 Å². The van der Waals surface area contributed by atoms with Crippen molar-refractivity contribution in [3.63, 3.8) is 0 Å². The van der Waals surface area contributed by atoms with Crippen LogP contribution in [0.3, 0.4) is 0 Å². The van der Waals surface area contributed by atoms with Gasteiger partial charge in [0.1, 0.15) is 0 Å². The summed E-state index contributed by atoms with van der Waals surface area (Å²) in [6, 6.07) is 22.1. The van der Waals surface area contributed by atoms with Crippen LogP contribution < -0.4 is 5.32 Å². The molecule has 0 aliphatic carbocycles. The largest absolute Gasteiger partial charge is 0.345 e. The van der Waals surface area contributed by atoms with Crippen LogP contribution in [0.4, 0.5) is 0 Å². The fraction of sp³-hybridized carbons (Fsp3) is 0.269. The molecule has 0 radical (unpaired) electrons. The Morgan fingerprint density at radius 3 is 2.32 bits per heavy atom. The zero-order valence-corrected chi connectivity index (χ0v) is 18.5. The Labute approximate surface area is 183 Å². The van der Waals surface area contributed by atoms with Gasteiger partial charge in [0.25, 0.3) is 5.91 Å². The quantitative estimate of drug-likeness (QED) is 0.499. The summed E-state index contributed by atoms with van der Waals surface area (Å²) in [7, 11) is 0. The van der Waals surface area contributed by atoms with Crippen LogP contribution in [0, 0.1) is 6.92 Å². The lowest BCUT2D eigenvalue weighted by Gasteiger charge is -2.20. The number of carbonyl (C=O) groups excluding carboxylic acids is 1. The van der Waals surface area contributed by atoms with Crippen LogP contribution in [-0.4, -0.2) is 20.5 Å². The van der Waals surface area contributed by atoms with Gasteiger partial charge in [-0.25, -0.2) is 9.50 Å². The molecule has 0 fully saturated rings. The summed E-state index contributed by atoms with van der Waals surface area (Å²) in [5, 5.41) is 7.93. The Balaban J connectivity index is 1.65. The first-order valence-electron chi connectivity index (χ1n) is 10.6. The monoisotopic (exact) mass is 412 g/mol. The lowest BCUT2D eigenvalue weighted by Crippen LogP contribution is -2.31. The van der Waals surface area contributed by atoms with Crippen LogP contribution in [0.1, 0.15) is 59.7 Å². The minimum atomic E-state index is -0.149. The van der Waals surface area contributed by atoms with E-state index in [0.717, 1.165) is 22.6 Å². The predicted octanol–water partition coefficient (Wildman–Crippen LogP) is 5.05. The highest BCUT2D eigenvalue weighted by atomic mass is 16.1. The third-order valence-electron chi connectivity index (χ3n) is 5.53. The van der Waals surface area contributed by atoms with Gasteiger partial charge < -0.3 is 5.32 Å². The van der Waals surface area contributed by atoms with Crippen molar-refractivity contribution >= 4 is 11.6 Å². The van der Waals surface area contributed by atoms with E-state index in [1.807, 2.05) is 61.5 Å². The molecule has 4 aromatic rings. The lowest BCUT2D eigenvalue weighted by atomic mass is 9.93. The van der Waals surface area contributed by atoms with Gasteiger partial charge >= 0.3 is 0 Å². The Hall–Kier alpha value is -3.47. The first kappa shape index (κ1) is 20.8. The normalized spacial score (nSPS) is 12.6. The zero-order valence-electron chi connectivity index (χ0n) is 18.5. The van der Waals surface area contributed by atoms with E-state index in [1.165, 1.54) is 5.56 Å². The van der Waals surface area contributed by atoms with Crippen molar-refractivity contribution in [3.05, 3.63) is 101 Å². The van der Waals surface area contributed by atoms with E-state index in [0.29, 0.717) is 12.0 Å². The molecule has 158 valence electrons. The second-order valence-corrected chi connectivity index (χ2v) is 8.93. The minimum absolute atomic E-state index is 0.0867. The number of nitrogens with one attached hydrogen (secondary N) is 1. The summed E-state index contributed by atoms with van der Waals surface area (Å²) in [6.07, 6.45) is 2.36. The Kier molecular flexibility index (Phi) is 5.59. The highest BCUT2D eigenvalue weighted by Gasteiger charge is 2.22. The fourth-order valence-corrected chi connectivity index (χ4v) is 3.66. The van der Waals surface area contributed by atoms with Crippen molar-refractivity contribution in [3.8, 4) is 0 Å². The molecule has 1 N–H and O–H groups in total. The SMILES string of the molecule is Cc1c(C(=O)N[C@@H](Cc2ccccc2)c2ccccc2)cnc2cc(C(C)(C)C)nn12. The van der Waals surface area contributed by atoms with Crippen LogP contribution in [0.2, 0.25) is 0 Å². The predicted molar refractivity (Wildman–Crippen MR) is 123 cm³/mol. The lowest BCUT2D eigenvalue weighted by molar-refractivity contribution is 0.0935. The summed E-state index contributed by atoms with van der Waals surface area (Å²) in [4.78, 5) is 17.8. The molecule has 5 nitrogen and oxygen atoms in total. The van der Waals surface area contributed by atoms with Gasteiger partial charge in [-0.2, -0.15) is 5.10 Å². The third kappa shape index (κ3) is 4.50. The second-order valence-electron chi connectivity index (χ2n) is 8.93. The van der Waals surface area contributed by atoms with Crippen molar-refractivity contribution in [2.75, 3.05) is 0 Å². The van der Waals surface area contributed by atoms with E-state index >= 15 is 0 Å². The molecular formula is C26H28N4O. The molecule has 1 atom stereocenters. The Morgan fingerprint density at radius 2 is 1.68 bits per heavy atom. The van der Waals surface area contributed by atoms with Crippen LogP contribution in [-0.2, 0) is 11.8 Å². The number of nitrogens with zero attached hydrogens (tertiary/aromatic N) is 3. The average molecular weight is 413 g/mol. The van der Waals surface area contributed by atoms with E-state index < -0.39 is 0 Å². The van der Waals surface area contributed by atoms with Crippen molar-refractivity contribution in [1.82, 2.24) is 19.9 Å². The molecule has 31 heavy (non-hydrogen) atoms. The van der Waals surface area contributed by atoms with Crippen molar-refractivity contribution in [2.24, 2.45) is 0 Å². The molecule has 5 heteroatoms. The first-order valence-corrected chi connectivity index (χ1v) is 10.6. The van der Waals surface area contributed by atoms with Gasteiger partial charge in [0, 0.05) is 17.7 Å². The molecule has 0 saturated carbocycles. The van der Waals surface area contributed by atoms with Crippen molar-refractivity contribution in [2.45, 2.75) is 45.6 Å². The molecule has 0 spiro atoms. The number of hydrogen-bond acceptors (Lipinski definition) is 3. The highest BCUT2D eigenvalue weighted by molar-refractivity contribution is 5.95. The molecule has 2 aromatic carbocycles. The van der Waals surface area contributed by atoms with Crippen LogP contribution in [0.5, 0.6) is 0 Å². The first-order chi connectivity index (χ1) is 14.8. The molecule has 0 saturated heterocycles. The molecule has 0 unspecified atom stereocenters. The molecule has 0 aliphatic rings. The molecule has 1 amide bonds. The van der Waals surface area contributed by atoms with Gasteiger partial charge in [0.2, 0.25) is 0 Å². The van der Waals surface area contributed by atoms with Gasteiger partial charge in [0.15, 0.2) is 5.65 Å². The number of aryl methyl sites for hydroxylation is 1. The number of benzene rings is 2. The smallest absolute Gasteiger partial charge is 0.255 e. The molecule has 4 rings (SSSR count). The molecule has 0 aliphatic heterocycles. The molecule has 0 bridgehead atoms. The van der Waals surface area contributed by atoms with Gasteiger partial charge in [0.05, 0.1) is 23.0 Å². The maximum Gasteiger partial charge on any atom is 0.255 e. The van der Waals surface area contributed by atoms with E-state index in [2.05, 4.69) is 43.2 Å². The van der Waals surface area contributed by atoms with Gasteiger partial charge in [-0.05, 0) is 24.5 Å². The van der Waals surface area contributed by atoms with Crippen molar-refractivity contribution in [1.29, 1.82) is 0 Å². The number of fused-ring (bicyclic) bond motifs is 1. The zero-order chi connectivity index (χ0) is 22.0. The summed E-state index contributed by atoms with van der Waals surface area (Å²) in [5.41, 5.74) is 5.17. The summed E-state index contributed by atoms with van der Waals surface area (Å²) < 4.78 is 1.77. The average Bonchev–Trinajstić information content (AvgIpc) is 3.21. The van der Waals surface area contributed by atoms with Crippen LogP contribution in [0.15, 0.2) is 72.9 Å². The summed E-state index contributed by atoms with van der Waals surface area (Å²) in [5.74, 6) is -0.149. The maximum atomic E-state index is 13.3. The summed E-state index contributed by atoms with van der Waals surface area (Å²) >= 11 is 0. The van der Waals surface area contributed by atoms with Gasteiger partial charge in [-0.3, -0.25) is 4.79 Å². The highest BCUT2D eigenvalue weighted by Crippen LogP contribution is 2.23. The molecular weight excluding hydrogens is 384 g/mol. The van der Waals surface area contributed by atoms with Crippen molar-refractivity contribution < 1.29 is 4.79 Å². The summed E-state index contributed by atoms with van der Waals surface area (Å²) in [6.45, 7) is 8.26. The van der Waals surface area contributed by atoms with Gasteiger partial charge in [-0.1, -0.05) is 81.4 Å². The number of amides is 1. The van der Waals surface area contributed by atoms with E-state index in [9.17, 15) is 4.79 Å². The number of carbonyl (C=O) groups is 1. The maximum absolute atomic E-state index is 13.3. The van der Waals surface area contributed by atoms with Gasteiger partial charge in [-0.15, -0.1) is 0 Å². The molecule has 2 heterocycles. The fourth-order valence-electron chi connectivity index (χ4n) is 3.66. The topological polar surface area (TPSA) is 59.3 Å². The Bertz CT molecular complexity index is 1190. The third-order valence-corrected chi connectivity index (χ3v) is 5.53. The Morgan fingerprint density at radius 1 is 1.03 bits per heavy atom.